The summed E-state index contributed by atoms with van der Waals surface area (Å²) in [5.74, 6) is 0.752. The zero-order valence-corrected chi connectivity index (χ0v) is 11.8. The van der Waals surface area contributed by atoms with Gasteiger partial charge >= 0.3 is 0 Å². The van der Waals surface area contributed by atoms with Crippen LogP contribution in [-0.4, -0.2) is 46.4 Å². The highest BCUT2D eigenvalue weighted by Gasteiger charge is 2.28. The van der Waals surface area contributed by atoms with E-state index in [1.807, 2.05) is 23.1 Å². The second-order valence-electron chi connectivity index (χ2n) is 5.53. The summed E-state index contributed by atoms with van der Waals surface area (Å²) in [5, 5.41) is 7.89. The van der Waals surface area contributed by atoms with Crippen LogP contribution in [0.5, 0.6) is 0 Å². The second-order valence-corrected chi connectivity index (χ2v) is 5.53. The zero-order valence-electron chi connectivity index (χ0n) is 11.8. The van der Waals surface area contributed by atoms with E-state index >= 15 is 0 Å². The van der Waals surface area contributed by atoms with E-state index in [1.165, 1.54) is 6.42 Å². The van der Waals surface area contributed by atoms with Gasteiger partial charge in [0.2, 0.25) is 0 Å². The Kier molecular flexibility index (Phi) is 4.78. The summed E-state index contributed by atoms with van der Waals surface area (Å²) in [7, 11) is 0. The fraction of sp³-hybridized carbons (Fsp3) is 0.786. The van der Waals surface area contributed by atoms with Crippen molar-refractivity contribution in [3.05, 3.63) is 18.5 Å². The Bertz CT molecular complexity index is 336. The number of piperazine rings is 1. The molecule has 1 aromatic rings. The minimum absolute atomic E-state index is 0.600. The molecule has 0 radical (unpaired) electrons. The standard InChI is InChI=1S/C14H26N4/c1-4-12(2)14-10-15-13(3)11-17(14)8-9-18-7-5-6-16-18/h5-7,12-15H,4,8-11H2,1-3H3. The normalized spacial score (nSPS) is 27.3. The number of hydrogen-bond donors (Lipinski definition) is 1. The van der Waals surface area contributed by atoms with Crippen molar-refractivity contribution in [2.75, 3.05) is 19.6 Å². The number of hydrogen-bond acceptors (Lipinski definition) is 3. The van der Waals surface area contributed by atoms with Gasteiger partial charge in [-0.1, -0.05) is 20.3 Å². The molecule has 4 nitrogen and oxygen atoms in total. The monoisotopic (exact) mass is 250 g/mol. The fourth-order valence-corrected chi connectivity index (χ4v) is 2.76. The van der Waals surface area contributed by atoms with Crippen LogP contribution in [0.1, 0.15) is 27.2 Å². The largest absolute Gasteiger partial charge is 0.311 e. The molecule has 1 N–H and O–H groups in total. The summed E-state index contributed by atoms with van der Waals surface area (Å²) < 4.78 is 2.03. The molecule has 1 aromatic heterocycles. The van der Waals surface area contributed by atoms with Gasteiger partial charge in [0, 0.05) is 44.1 Å². The van der Waals surface area contributed by atoms with E-state index in [4.69, 9.17) is 0 Å². The Morgan fingerprint density at radius 1 is 1.44 bits per heavy atom. The molecule has 3 atom stereocenters. The molecule has 18 heavy (non-hydrogen) atoms. The molecule has 0 amide bonds. The van der Waals surface area contributed by atoms with Gasteiger partial charge in [-0.2, -0.15) is 5.10 Å². The van der Waals surface area contributed by atoms with Gasteiger partial charge in [0.15, 0.2) is 0 Å². The van der Waals surface area contributed by atoms with Gasteiger partial charge in [0.25, 0.3) is 0 Å². The first-order valence-corrected chi connectivity index (χ1v) is 7.15. The lowest BCUT2D eigenvalue weighted by molar-refractivity contribution is 0.0909. The van der Waals surface area contributed by atoms with E-state index in [0.29, 0.717) is 12.1 Å². The van der Waals surface area contributed by atoms with Crippen molar-refractivity contribution >= 4 is 0 Å². The van der Waals surface area contributed by atoms with Gasteiger partial charge in [-0.15, -0.1) is 0 Å². The maximum atomic E-state index is 4.28. The Labute approximate surface area is 110 Å². The van der Waals surface area contributed by atoms with Crippen molar-refractivity contribution in [2.24, 2.45) is 5.92 Å². The molecule has 1 aliphatic heterocycles. The maximum absolute atomic E-state index is 4.28. The molecule has 2 rings (SSSR count). The van der Waals surface area contributed by atoms with Crippen LogP contribution in [0.25, 0.3) is 0 Å². The third-order valence-corrected chi connectivity index (χ3v) is 4.13. The predicted octanol–water partition coefficient (Wildman–Crippen LogP) is 1.59. The summed E-state index contributed by atoms with van der Waals surface area (Å²) in [6.45, 7) is 11.3. The minimum atomic E-state index is 0.600. The lowest BCUT2D eigenvalue weighted by Gasteiger charge is -2.42. The Morgan fingerprint density at radius 2 is 2.28 bits per heavy atom. The summed E-state index contributed by atoms with van der Waals surface area (Å²) >= 11 is 0. The third-order valence-electron chi connectivity index (χ3n) is 4.13. The molecule has 1 fully saturated rings. The number of aromatic nitrogens is 2. The van der Waals surface area contributed by atoms with Gasteiger partial charge in [0.05, 0.1) is 6.54 Å². The Morgan fingerprint density at radius 3 is 2.94 bits per heavy atom. The van der Waals surface area contributed by atoms with Gasteiger partial charge in [-0.3, -0.25) is 9.58 Å². The zero-order chi connectivity index (χ0) is 13.0. The summed E-state index contributed by atoms with van der Waals surface area (Å²) in [4.78, 5) is 2.64. The second kappa shape index (κ2) is 6.34. The van der Waals surface area contributed by atoms with E-state index in [2.05, 4.69) is 36.1 Å². The smallest absolute Gasteiger partial charge is 0.0536 e. The average molecular weight is 250 g/mol. The van der Waals surface area contributed by atoms with Gasteiger partial charge in [0.1, 0.15) is 0 Å². The first-order valence-electron chi connectivity index (χ1n) is 7.15. The van der Waals surface area contributed by atoms with Crippen LogP contribution < -0.4 is 5.32 Å². The highest BCUT2D eigenvalue weighted by molar-refractivity contribution is 4.87. The highest BCUT2D eigenvalue weighted by Crippen LogP contribution is 2.18. The average Bonchev–Trinajstić information content (AvgIpc) is 2.88. The van der Waals surface area contributed by atoms with Gasteiger partial charge < -0.3 is 5.32 Å². The molecule has 2 heterocycles. The van der Waals surface area contributed by atoms with Crippen LogP contribution in [0, 0.1) is 5.92 Å². The van der Waals surface area contributed by atoms with Crippen molar-refractivity contribution in [3.8, 4) is 0 Å². The van der Waals surface area contributed by atoms with Crippen LogP contribution in [0.15, 0.2) is 18.5 Å². The fourth-order valence-electron chi connectivity index (χ4n) is 2.76. The maximum Gasteiger partial charge on any atom is 0.0536 e. The lowest BCUT2D eigenvalue weighted by Crippen LogP contribution is -2.58. The SMILES string of the molecule is CCC(C)C1CNC(C)CN1CCn1cccn1. The van der Waals surface area contributed by atoms with Crippen LogP contribution in [0.3, 0.4) is 0 Å². The summed E-state index contributed by atoms with van der Waals surface area (Å²) in [5.41, 5.74) is 0. The molecule has 3 unspecified atom stereocenters. The number of rotatable bonds is 5. The number of nitrogens with zero attached hydrogens (tertiary/aromatic N) is 3. The van der Waals surface area contributed by atoms with E-state index in [0.717, 1.165) is 32.1 Å². The van der Waals surface area contributed by atoms with E-state index < -0.39 is 0 Å². The Balaban J connectivity index is 1.92. The molecule has 0 aromatic carbocycles. The molecule has 0 bridgehead atoms. The minimum Gasteiger partial charge on any atom is -0.311 e. The van der Waals surface area contributed by atoms with Crippen molar-refractivity contribution < 1.29 is 0 Å². The lowest BCUT2D eigenvalue weighted by atomic mass is 9.95. The molecular formula is C14H26N4. The van der Waals surface area contributed by atoms with Crippen LogP contribution in [0.2, 0.25) is 0 Å². The molecule has 0 saturated carbocycles. The molecule has 0 aliphatic carbocycles. The van der Waals surface area contributed by atoms with Crippen molar-refractivity contribution in [1.82, 2.24) is 20.0 Å². The van der Waals surface area contributed by atoms with E-state index in [1.54, 1.807) is 0 Å². The molecular weight excluding hydrogens is 224 g/mol. The summed E-state index contributed by atoms with van der Waals surface area (Å²) in [6, 6.07) is 3.26. The molecule has 102 valence electrons. The Hall–Kier alpha value is -0.870. The first kappa shape index (κ1) is 13.6. The van der Waals surface area contributed by atoms with Gasteiger partial charge in [-0.25, -0.2) is 0 Å². The van der Waals surface area contributed by atoms with Gasteiger partial charge in [-0.05, 0) is 18.9 Å². The highest BCUT2D eigenvalue weighted by atomic mass is 15.3. The molecule has 0 spiro atoms. The van der Waals surface area contributed by atoms with Crippen LogP contribution >= 0.6 is 0 Å². The first-order chi connectivity index (χ1) is 8.70. The summed E-state index contributed by atoms with van der Waals surface area (Å²) in [6.07, 6.45) is 5.15. The molecule has 4 heteroatoms. The molecule has 1 saturated heterocycles. The van der Waals surface area contributed by atoms with E-state index in [9.17, 15) is 0 Å². The van der Waals surface area contributed by atoms with Crippen molar-refractivity contribution in [3.63, 3.8) is 0 Å². The van der Waals surface area contributed by atoms with Crippen LogP contribution in [0.4, 0.5) is 0 Å². The number of nitrogens with one attached hydrogen (secondary N) is 1. The van der Waals surface area contributed by atoms with Crippen molar-refractivity contribution in [2.45, 2.75) is 45.8 Å². The molecule has 1 aliphatic rings. The van der Waals surface area contributed by atoms with E-state index in [-0.39, 0.29) is 0 Å². The third kappa shape index (κ3) is 3.33. The van der Waals surface area contributed by atoms with Crippen LogP contribution in [-0.2, 0) is 6.54 Å². The van der Waals surface area contributed by atoms with Crippen molar-refractivity contribution in [1.29, 1.82) is 0 Å². The quantitative estimate of drug-likeness (QED) is 0.861. The predicted molar refractivity (Wildman–Crippen MR) is 74.5 cm³/mol. The topological polar surface area (TPSA) is 33.1 Å².